The molecule has 1 saturated heterocycles. The molecule has 1 aliphatic heterocycles. The lowest BCUT2D eigenvalue weighted by Crippen LogP contribution is -2.10. The van der Waals surface area contributed by atoms with Gasteiger partial charge in [-0.05, 0) is 18.8 Å². The van der Waals surface area contributed by atoms with E-state index in [9.17, 15) is 0 Å². The van der Waals surface area contributed by atoms with Crippen molar-refractivity contribution in [2.24, 2.45) is 5.92 Å². The van der Waals surface area contributed by atoms with Gasteiger partial charge in [-0.15, -0.1) is 0 Å². The maximum atomic E-state index is 5.33. The van der Waals surface area contributed by atoms with Crippen molar-refractivity contribution >= 4 is 11.6 Å². The molecule has 2 rings (SSSR count). The van der Waals surface area contributed by atoms with Crippen LogP contribution in [0.15, 0.2) is 12.4 Å². The molecule has 0 radical (unpaired) electrons. The van der Waals surface area contributed by atoms with E-state index in [2.05, 4.69) is 20.6 Å². The Labute approximate surface area is 95.6 Å². The molecule has 0 saturated carbocycles. The first-order valence-corrected chi connectivity index (χ1v) is 5.70. The van der Waals surface area contributed by atoms with Crippen molar-refractivity contribution in [2.45, 2.75) is 12.8 Å². The summed E-state index contributed by atoms with van der Waals surface area (Å²) in [6.07, 6.45) is 3.89. The standard InChI is InChI=1S/C11H18N4O/c1-12-10-6-11(15-8-14-10)13-4-2-9-3-5-16-7-9/h6,8-9H,2-5,7H2,1H3,(H2,12,13,14,15). The van der Waals surface area contributed by atoms with Gasteiger partial charge in [-0.1, -0.05) is 0 Å². The van der Waals surface area contributed by atoms with Crippen LogP contribution in [0.25, 0.3) is 0 Å². The van der Waals surface area contributed by atoms with Gasteiger partial charge in [0, 0.05) is 32.9 Å². The Bertz CT molecular complexity index is 326. The van der Waals surface area contributed by atoms with E-state index in [1.165, 1.54) is 6.42 Å². The lowest BCUT2D eigenvalue weighted by Gasteiger charge is -2.09. The van der Waals surface area contributed by atoms with Gasteiger partial charge in [0.1, 0.15) is 18.0 Å². The Kier molecular flexibility index (Phi) is 3.93. The van der Waals surface area contributed by atoms with Crippen LogP contribution in [-0.4, -0.2) is 36.8 Å². The second-order valence-corrected chi connectivity index (χ2v) is 3.98. The fourth-order valence-electron chi connectivity index (χ4n) is 1.81. The first-order valence-electron chi connectivity index (χ1n) is 5.70. The van der Waals surface area contributed by atoms with Gasteiger partial charge >= 0.3 is 0 Å². The van der Waals surface area contributed by atoms with Gasteiger partial charge < -0.3 is 15.4 Å². The first kappa shape index (κ1) is 11.1. The van der Waals surface area contributed by atoms with E-state index in [4.69, 9.17) is 4.74 Å². The molecule has 5 heteroatoms. The Morgan fingerprint density at radius 3 is 3.06 bits per heavy atom. The lowest BCUT2D eigenvalue weighted by molar-refractivity contribution is 0.185. The van der Waals surface area contributed by atoms with Gasteiger partial charge in [-0.2, -0.15) is 0 Å². The smallest absolute Gasteiger partial charge is 0.131 e. The summed E-state index contributed by atoms with van der Waals surface area (Å²) in [5.74, 6) is 2.41. The summed E-state index contributed by atoms with van der Waals surface area (Å²) in [6.45, 7) is 2.77. The molecule has 16 heavy (non-hydrogen) atoms. The Morgan fingerprint density at radius 2 is 2.31 bits per heavy atom. The molecule has 1 aliphatic rings. The van der Waals surface area contributed by atoms with Crippen molar-refractivity contribution in [1.29, 1.82) is 0 Å². The summed E-state index contributed by atoms with van der Waals surface area (Å²) < 4.78 is 5.33. The van der Waals surface area contributed by atoms with E-state index in [0.717, 1.165) is 37.8 Å². The van der Waals surface area contributed by atoms with Crippen molar-refractivity contribution < 1.29 is 4.74 Å². The van der Waals surface area contributed by atoms with Gasteiger partial charge in [-0.25, -0.2) is 9.97 Å². The van der Waals surface area contributed by atoms with Crippen molar-refractivity contribution in [3.05, 3.63) is 12.4 Å². The lowest BCUT2D eigenvalue weighted by atomic mass is 10.1. The average Bonchev–Trinajstić information content (AvgIpc) is 2.82. The van der Waals surface area contributed by atoms with Crippen LogP contribution in [0.1, 0.15) is 12.8 Å². The van der Waals surface area contributed by atoms with Crippen molar-refractivity contribution in [3.63, 3.8) is 0 Å². The van der Waals surface area contributed by atoms with Gasteiger partial charge in [0.2, 0.25) is 0 Å². The normalized spacial score (nSPS) is 19.7. The van der Waals surface area contributed by atoms with Gasteiger partial charge in [0.25, 0.3) is 0 Å². The first-order chi connectivity index (χ1) is 7.88. The summed E-state index contributed by atoms with van der Waals surface area (Å²) in [4.78, 5) is 8.22. The second kappa shape index (κ2) is 5.65. The van der Waals surface area contributed by atoms with Crippen LogP contribution in [0, 0.1) is 5.92 Å². The van der Waals surface area contributed by atoms with E-state index >= 15 is 0 Å². The molecule has 0 amide bonds. The fraction of sp³-hybridized carbons (Fsp3) is 0.636. The number of nitrogens with zero attached hydrogens (tertiary/aromatic N) is 2. The summed E-state index contributed by atoms with van der Waals surface area (Å²) in [5, 5.41) is 6.29. The van der Waals surface area contributed by atoms with Crippen LogP contribution in [0.5, 0.6) is 0 Å². The molecular weight excluding hydrogens is 204 g/mol. The van der Waals surface area contributed by atoms with Crippen molar-refractivity contribution in [3.8, 4) is 0 Å². The second-order valence-electron chi connectivity index (χ2n) is 3.98. The molecule has 1 fully saturated rings. The highest BCUT2D eigenvalue weighted by Crippen LogP contribution is 2.16. The van der Waals surface area contributed by atoms with Gasteiger partial charge in [-0.3, -0.25) is 0 Å². The molecule has 0 aromatic carbocycles. The van der Waals surface area contributed by atoms with Crippen LogP contribution < -0.4 is 10.6 Å². The number of nitrogens with one attached hydrogen (secondary N) is 2. The summed E-state index contributed by atoms with van der Waals surface area (Å²) >= 11 is 0. The third-order valence-corrected chi connectivity index (χ3v) is 2.81. The minimum absolute atomic E-state index is 0.707. The number of rotatable bonds is 5. The molecular formula is C11H18N4O. The van der Waals surface area contributed by atoms with Crippen molar-refractivity contribution in [1.82, 2.24) is 9.97 Å². The molecule has 2 heterocycles. The van der Waals surface area contributed by atoms with Crippen LogP contribution in [-0.2, 0) is 4.74 Å². The topological polar surface area (TPSA) is 59.1 Å². The van der Waals surface area contributed by atoms with Crippen LogP contribution in [0.3, 0.4) is 0 Å². The third-order valence-electron chi connectivity index (χ3n) is 2.81. The zero-order chi connectivity index (χ0) is 11.2. The molecule has 1 atom stereocenters. The quantitative estimate of drug-likeness (QED) is 0.787. The van der Waals surface area contributed by atoms with Gasteiger partial charge in [0.15, 0.2) is 0 Å². The predicted molar refractivity (Wildman–Crippen MR) is 63.6 cm³/mol. The highest BCUT2D eigenvalue weighted by molar-refractivity contribution is 5.45. The largest absolute Gasteiger partial charge is 0.381 e. The molecule has 1 unspecified atom stereocenters. The maximum Gasteiger partial charge on any atom is 0.131 e. The van der Waals surface area contributed by atoms with Gasteiger partial charge in [0.05, 0.1) is 0 Å². The number of anilines is 2. The summed E-state index contributed by atoms with van der Waals surface area (Å²) in [7, 11) is 1.85. The van der Waals surface area contributed by atoms with E-state index in [1.807, 2.05) is 13.1 Å². The molecule has 1 aromatic rings. The number of hydrogen-bond acceptors (Lipinski definition) is 5. The zero-order valence-electron chi connectivity index (χ0n) is 9.57. The monoisotopic (exact) mass is 222 g/mol. The Hall–Kier alpha value is -1.36. The number of aromatic nitrogens is 2. The Balaban J connectivity index is 1.75. The predicted octanol–water partition coefficient (Wildman–Crippen LogP) is 1.36. The van der Waals surface area contributed by atoms with Crippen LogP contribution in [0.2, 0.25) is 0 Å². The van der Waals surface area contributed by atoms with Crippen LogP contribution >= 0.6 is 0 Å². The molecule has 0 bridgehead atoms. The number of ether oxygens (including phenoxy) is 1. The maximum absolute atomic E-state index is 5.33. The molecule has 1 aromatic heterocycles. The van der Waals surface area contributed by atoms with E-state index in [-0.39, 0.29) is 0 Å². The average molecular weight is 222 g/mol. The van der Waals surface area contributed by atoms with Crippen LogP contribution in [0.4, 0.5) is 11.6 Å². The number of hydrogen-bond donors (Lipinski definition) is 2. The third kappa shape index (κ3) is 3.06. The van der Waals surface area contributed by atoms with E-state index in [1.54, 1.807) is 6.33 Å². The Morgan fingerprint density at radius 1 is 1.44 bits per heavy atom. The zero-order valence-corrected chi connectivity index (χ0v) is 9.57. The highest BCUT2D eigenvalue weighted by Gasteiger charge is 2.14. The molecule has 5 nitrogen and oxygen atoms in total. The molecule has 0 spiro atoms. The minimum Gasteiger partial charge on any atom is -0.381 e. The summed E-state index contributed by atoms with van der Waals surface area (Å²) in [6, 6.07) is 1.91. The fourth-order valence-corrected chi connectivity index (χ4v) is 1.81. The highest BCUT2D eigenvalue weighted by atomic mass is 16.5. The SMILES string of the molecule is CNc1cc(NCCC2CCOC2)ncn1. The minimum atomic E-state index is 0.707. The van der Waals surface area contributed by atoms with E-state index < -0.39 is 0 Å². The molecule has 88 valence electrons. The molecule has 2 N–H and O–H groups in total. The summed E-state index contributed by atoms with van der Waals surface area (Å²) in [5.41, 5.74) is 0. The molecule has 0 aliphatic carbocycles. The van der Waals surface area contributed by atoms with Crippen molar-refractivity contribution in [2.75, 3.05) is 37.4 Å². The van der Waals surface area contributed by atoms with E-state index in [0.29, 0.717) is 5.92 Å².